The summed E-state index contributed by atoms with van der Waals surface area (Å²) in [5.41, 5.74) is 5.64. The van der Waals surface area contributed by atoms with Gasteiger partial charge in [-0.15, -0.1) is 0 Å². The zero-order valence-electron chi connectivity index (χ0n) is 10.2. The molecule has 0 saturated heterocycles. The van der Waals surface area contributed by atoms with Gasteiger partial charge in [0.15, 0.2) is 0 Å². The topological polar surface area (TPSA) is 55.1 Å². The molecule has 1 amide bonds. The Balaban J connectivity index is 2.44. The van der Waals surface area contributed by atoms with Gasteiger partial charge in [0.2, 0.25) is 5.91 Å². The fourth-order valence-corrected chi connectivity index (χ4v) is 1.90. The fourth-order valence-electron chi connectivity index (χ4n) is 1.90. The second-order valence-corrected chi connectivity index (χ2v) is 5.33. The second kappa shape index (κ2) is 4.97. The Bertz CT molecular complexity index is 226. The van der Waals surface area contributed by atoms with E-state index < -0.39 is 0 Å². The Morgan fingerprint density at radius 3 is 2.67 bits per heavy atom. The maximum atomic E-state index is 11.9. The van der Waals surface area contributed by atoms with E-state index in [-0.39, 0.29) is 17.4 Å². The van der Waals surface area contributed by atoms with E-state index in [0.29, 0.717) is 6.04 Å². The minimum Gasteiger partial charge on any atom is -0.353 e. The number of nitrogens with one attached hydrogen (secondary N) is 1. The van der Waals surface area contributed by atoms with Gasteiger partial charge in [0.25, 0.3) is 0 Å². The lowest BCUT2D eigenvalue weighted by Gasteiger charge is -2.31. The summed E-state index contributed by atoms with van der Waals surface area (Å²) in [6, 6.07) is 0.570. The fraction of sp³-hybridized carbons (Fsp3) is 0.917. The Hall–Kier alpha value is -0.570. The molecule has 0 aliphatic heterocycles. The molecule has 0 bridgehead atoms. The molecule has 15 heavy (non-hydrogen) atoms. The number of rotatable bonds is 3. The van der Waals surface area contributed by atoms with E-state index in [4.69, 9.17) is 5.73 Å². The van der Waals surface area contributed by atoms with Gasteiger partial charge in [0.1, 0.15) is 0 Å². The van der Waals surface area contributed by atoms with Crippen LogP contribution in [0, 0.1) is 5.41 Å². The van der Waals surface area contributed by atoms with Crippen LogP contribution in [0.2, 0.25) is 0 Å². The van der Waals surface area contributed by atoms with Gasteiger partial charge in [-0.25, -0.2) is 0 Å². The molecule has 1 saturated carbocycles. The molecule has 1 aliphatic rings. The standard InChI is InChI=1S/C12H24N2O/c1-4-12(2,3)11(15)14-10-7-5-6-9(13)8-10/h9-10H,4-8,13H2,1-3H3,(H,14,15). The van der Waals surface area contributed by atoms with Crippen LogP contribution < -0.4 is 11.1 Å². The van der Waals surface area contributed by atoms with Crippen LogP contribution in [0.1, 0.15) is 52.9 Å². The molecule has 2 atom stereocenters. The summed E-state index contributed by atoms with van der Waals surface area (Å²) in [4.78, 5) is 11.9. The van der Waals surface area contributed by atoms with Crippen molar-refractivity contribution in [2.45, 2.75) is 65.0 Å². The average molecular weight is 212 g/mol. The van der Waals surface area contributed by atoms with Crippen molar-refractivity contribution in [2.75, 3.05) is 0 Å². The molecule has 3 nitrogen and oxygen atoms in total. The molecule has 1 aliphatic carbocycles. The number of hydrogen-bond donors (Lipinski definition) is 2. The Morgan fingerprint density at radius 2 is 2.13 bits per heavy atom. The van der Waals surface area contributed by atoms with Crippen LogP contribution in [0.25, 0.3) is 0 Å². The number of amides is 1. The maximum absolute atomic E-state index is 11.9. The van der Waals surface area contributed by atoms with Gasteiger partial charge in [-0.2, -0.15) is 0 Å². The number of hydrogen-bond acceptors (Lipinski definition) is 2. The van der Waals surface area contributed by atoms with E-state index in [1.165, 1.54) is 0 Å². The number of nitrogens with two attached hydrogens (primary N) is 1. The van der Waals surface area contributed by atoms with Crippen molar-refractivity contribution < 1.29 is 4.79 Å². The van der Waals surface area contributed by atoms with E-state index in [9.17, 15) is 4.79 Å². The summed E-state index contributed by atoms with van der Waals surface area (Å²) in [5.74, 6) is 0.170. The summed E-state index contributed by atoms with van der Waals surface area (Å²) >= 11 is 0. The molecule has 3 N–H and O–H groups in total. The monoisotopic (exact) mass is 212 g/mol. The SMILES string of the molecule is CCC(C)(C)C(=O)NC1CCCC(N)C1. The van der Waals surface area contributed by atoms with Gasteiger partial charge in [-0.05, 0) is 32.1 Å². The first-order chi connectivity index (χ1) is 6.95. The molecule has 0 aromatic carbocycles. The third kappa shape index (κ3) is 3.49. The van der Waals surface area contributed by atoms with Crippen LogP contribution in [0.5, 0.6) is 0 Å². The first-order valence-electron chi connectivity index (χ1n) is 6.02. The van der Waals surface area contributed by atoms with Crippen LogP contribution in [0.3, 0.4) is 0 Å². The molecule has 0 aromatic heterocycles. The predicted octanol–water partition coefficient (Wildman–Crippen LogP) is 1.81. The number of carbonyl (C=O) groups excluding carboxylic acids is 1. The molecule has 88 valence electrons. The van der Waals surface area contributed by atoms with Gasteiger partial charge in [0.05, 0.1) is 0 Å². The largest absolute Gasteiger partial charge is 0.353 e. The first-order valence-corrected chi connectivity index (χ1v) is 6.02. The van der Waals surface area contributed by atoms with Crippen LogP contribution in [0.15, 0.2) is 0 Å². The third-order valence-corrected chi connectivity index (χ3v) is 3.55. The Morgan fingerprint density at radius 1 is 1.47 bits per heavy atom. The molecular formula is C12H24N2O. The van der Waals surface area contributed by atoms with E-state index in [2.05, 4.69) is 5.32 Å². The Labute approximate surface area is 92.8 Å². The van der Waals surface area contributed by atoms with Crippen molar-refractivity contribution in [3.8, 4) is 0 Å². The van der Waals surface area contributed by atoms with E-state index in [1.807, 2.05) is 20.8 Å². The van der Waals surface area contributed by atoms with E-state index >= 15 is 0 Å². The minimum atomic E-state index is -0.248. The molecule has 0 heterocycles. The normalized spacial score (nSPS) is 27.5. The second-order valence-electron chi connectivity index (χ2n) is 5.33. The molecule has 1 fully saturated rings. The molecule has 1 rings (SSSR count). The van der Waals surface area contributed by atoms with Gasteiger partial charge in [-0.3, -0.25) is 4.79 Å². The van der Waals surface area contributed by atoms with E-state index in [1.54, 1.807) is 0 Å². The summed E-state index contributed by atoms with van der Waals surface area (Å²) < 4.78 is 0. The summed E-state index contributed by atoms with van der Waals surface area (Å²) in [6.45, 7) is 6.03. The van der Waals surface area contributed by atoms with Crippen LogP contribution >= 0.6 is 0 Å². The van der Waals surface area contributed by atoms with Crippen molar-refractivity contribution in [1.82, 2.24) is 5.32 Å². The lowest BCUT2D eigenvalue weighted by atomic mass is 9.87. The molecule has 0 radical (unpaired) electrons. The maximum Gasteiger partial charge on any atom is 0.225 e. The summed E-state index contributed by atoms with van der Waals surface area (Å²) in [6.07, 6.45) is 5.13. The van der Waals surface area contributed by atoms with Gasteiger partial charge < -0.3 is 11.1 Å². The minimum absolute atomic E-state index is 0.170. The highest BCUT2D eigenvalue weighted by atomic mass is 16.2. The zero-order valence-corrected chi connectivity index (χ0v) is 10.2. The van der Waals surface area contributed by atoms with Gasteiger partial charge in [-0.1, -0.05) is 20.8 Å². The van der Waals surface area contributed by atoms with Crippen molar-refractivity contribution in [3.05, 3.63) is 0 Å². The third-order valence-electron chi connectivity index (χ3n) is 3.55. The molecule has 3 heteroatoms. The van der Waals surface area contributed by atoms with Crippen LogP contribution in [0.4, 0.5) is 0 Å². The highest BCUT2D eigenvalue weighted by Crippen LogP contribution is 2.22. The molecule has 0 spiro atoms. The van der Waals surface area contributed by atoms with Crippen molar-refractivity contribution in [3.63, 3.8) is 0 Å². The van der Waals surface area contributed by atoms with Crippen LogP contribution in [-0.2, 0) is 4.79 Å². The highest BCUT2D eigenvalue weighted by Gasteiger charge is 2.28. The van der Waals surface area contributed by atoms with Crippen LogP contribution in [-0.4, -0.2) is 18.0 Å². The lowest BCUT2D eigenvalue weighted by Crippen LogP contribution is -2.46. The van der Waals surface area contributed by atoms with Gasteiger partial charge >= 0.3 is 0 Å². The van der Waals surface area contributed by atoms with Gasteiger partial charge in [0, 0.05) is 17.5 Å². The lowest BCUT2D eigenvalue weighted by molar-refractivity contribution is -0.130. The van der Waals surface area contributed by atoms with E-state index in [0.717, 1.165) is 32.1 Å². The quantitative estimate of drug-likeness (QED) is 0.749. The van der Waals surface area contributed by atoms with Crippen molar-refractivity contribution >= 4 is 5.91 Å². The number of carbonyl (C=O) groups is 1. The van der Waals surface area contributed by atoms with Crippen molar-refractivity contribution in [2.24, 2.45) is 11.1 Å². The zero-order chi connectivity index (χ0) is 11.5. The molecule has 2 unspecified atom stereocenters. The average Bonchev–Trinajstić information content (AvgIpc) is 2.17. The predicted molar refractivity (Wildman–Crippen MR) is 62.4 cm³/mol. The highest BCUT2D eigenvalue weighted by molar-refractivity contribution is 5.81. The summed E-state index contributed by atoms with van der Waals surface area (Å²) in [7, 11) is 0. The summed E-state index contributed by atoms with van der Waals surface area (Å²) in [5, 5.41) is 3.12. The smallest absolute Gasteiger partial charge is 0.225 e. The first kappa shape index (κ1) is 12.5. The Kier molecular flexibility index (Phi) is 4.14. The van der Waals surface area contributed by atoms with Crippen molar-refractivity contribution in [1.29, 1.82) is 0 Å². The molecule has 0 aromatic rings. The molecular weight excluding hydrogens is 188 g/mol.